The van der Waals surface area contributed by atoms with Gasteiger partial charge in [0.1, 0.15) is 0 Å². The van der Waals surface area contributed by atoms with Crippen molar-refractivity contribution < 1.29 is 18.3 Å². The van der Waals surface area contributed by atoms with E-state index in [9.17, 15) is 13.2 Å². The molecular formula is C11H24N2O4S. The van der Waals surface area contributed by atoms with Crippen LogP contribution < -0.4 is 4.72 Å². The van der Waals surface area contributed by atoms with Crippen molar-refractivity contribution in [2.75, 3.05) is 19.6 Å². The van der Waals surface area contributed by atoms with E-state index >= 15 is 0 Å². The average molecular weight is 280 g/mol. The van der Waals surface area contributed by atoms with Crippen LogP contribution in [0.3, 0.4) is 0 Å². The van der Waals surface area contributed by atoms with Crippen molar-refractivity contribution in [2.24, 2.45) is 5.92 Å². The second-order valence-electron chi connectivity index (χ2n) is 4.20. The predicted octanol–water partition coefficient (Wildman–Crippen LogP) is 1.05. The molecule has 0 aromatic rings. The van der Waals surface area contributed by atoms with Crippen molar-refractivity contribution >= 4 is 16.2 Å². The lowest BCUT2D eigenvalue weighted by Gasteiger charge is -2.22. The number of hydrogen-bond donors (Lipinski definition) is 2. The lowest BCUT2D eigenvalue weighted by molar-refractivity contribution is -0.141. The summed E-state index contributed by atoms with van der Waals surface area (Å²) in [5, 5.41) is 8.87. The van der Waals surface area contributed by atoms with Gasteiger partial charge >= 0.3 is 5.97 Å². The first-order valence-electron chi connectivity index (χ1n) is 6.36. The van der Waals surface area contributed by atoms with Crippen LogP contribution in [0, 0.1) is 5.92 Å². The fourth-order valence-electron chi connectivity index (χ4n) is 1.55. The zero-order valence-electron chi connectivity index (χ0n) is 11.3. The molecule has 0 rings (SSSR count). The fourth-order valence-corrected chi connectivity index (χ4v) is 2.99. The highest BCUT2D eigenvalue weighted by Crippen LogP contribution is 2.05. The predicted molar refractivity (Wildman–Crippen MR) is 70.5 cm³/mol. The maximum Gasteiger partial charge on any atom is 0.307 e. The van der Waals surface area contributed by atoms with Gasteiger partial charge in [0, 0.05) is 19.6 Å². The maximum atomic E-state index is 12.0. The molecule has 0 saturated heterocycles. The number of nitrogens with one attached hydrogen (secondary N) is 1. The molecule has 1 unspecified atom stereocenters. The third kappa shape index (κ3) is 5.79. The molecule has 0 spiro atoms. The van der Waals surface area contributed by atoms with E-state index in [4.69, 9.17) is 5.11 Å². The molecule has 6 nitrogen and oxygen atoms in total. The lowest BCUT2D eigenvalue weighted by Crippen LogP contribution is -2.44. The minimum atomic E-state index is -3.57. The Morgan fingerprint density at radius 3 is 2.06 bits per heavy atom. The van der Waals surface area contributed by atoms with Crippen molar-refractivity contribution in [2.45, 2.75) is 40.0 Å². The molecule has 0 aromatic heterocycles. The Morgan fingerprint density at radius 1 is 1.22 bits per heavy atom. The van der Waals surface area contributed by atoms with Crippen molar-refractivity contribution in [3.8, 4) is 0 Å². The number of hydrogen-bond acceptors (Lipinski definition) is 3. The quantitative estimate of drug-likeness (QED) is 0.626. The molecule has 0 amide bonds. The highest BCUT2D eigenvalue weighted by Gasteiger charge is 2.23. The van der Waals surface area contributed by atoms with Crippen LogP contribution in [0.25, 0.3) is 0 Å². The van der Waals surface area contributed by atoms with Crippen LogP contribution in [0.5, 0.6) is 0 Å². The Kier molecular flexibility index (Phi) is 8.13. The summed E-state index contributed by atoms with van der Waals surface area (Å²) in [6, 6.07) is 0. The van der Waals surface area contributed by atoms with Gasteiger partial charge in [-0.15, -0.1) is 0 Å². The van der Waals surface area contributed by atoms with E-state index in [2.05, 4.69) is 4.72 Å². The monoisotopic (exact) mass is 280 g/mol. The third-order valence-electron chi connectivity index (χ3n) is 2.64. The molecule has 1 atom stereocenters. The van der Waals surface area contributed by atoms with Gasteiger partial charge in [0.25, 0.3) is 10.2 Å². The summed E-state index contributed by atoms with van der Waals surface area (Å²) in [6.07, 6.45) is 1.87. The van der Waals surface area contributed by atoms with Crippen LogP contribution >= 0.6 is 0 Å². The Hall–Kier alpha value is -0.660. The molecule has 2 N–H and O–H groups in total. The SMILES string of the molecule is CCCN(CCC)S(=O)(=O)NCC(CC)C(=O)O. The molecule has 0 aliphatic rings. The molecule has 18 heavy (non-hydrogen) atoms. The number of carbonyl (C=O) groups is 1. The van der Waals surface area contributed by atoms with E-state index in [0.29, 0.717) is 19.5 Å². The van der Waals surface area contributed by atoms with Crippen molar-refractivity contribution in [3.05, 3.63) is 0 Å². The smallest absolute Gasteiger partial charge is 0.307 e. The van der Waals surface area contributed by atoms with Crippen LogP contribution in [-0.4, -0.2) is 43.4 Å². The van der Waals surface area contributed by atoms with Gasteiger partial charge in [0.05, 0.1) is 5.92 Å². The molecule has 0 saturated carbocycles. The van der Waals surface area contributed by atoms with Gasteiger partial charge in [0.15, 0.2) is 0 Å². The number of aliphatic carboxylic acids is 1. The van der Waals surface area contributed by atoms with E-state index in [0.717, 1.165) is 12.8 Å². The van der Waals surface area contributed by atoms with E-state index in [1.807, 2.05) is 13.8 Å². The Bertz CT molecular complexity index is 337. The summed E-state index contributed by atoms with van der Waals surface area (Å²) in [4.78, 5) is 10.8. The van der Waals surface area contributed by atoms with E-state index < -0.39 is 22.1 Å². The largest absolute Gasteiger partial charge is 0.481 e. The number of carboxylic acids is 1. The second kappa shape index (κ2) is 8.44. The molecule has 0 aliphatic heterocycles. The van der Waals surface area contributed by atoms with Crippen LogP contribution in [0.2, 0.25) is 0 Å². The molecule has 7 heteroatoms. The number of nitrogens with zero attached hydrogens (tertiary/aromatic N) is 1. The minimum absolute atomic E-state index is 0.0574. The summed E-state index contributed by atoms with van der Waals surface area (Å²) < 4.78 is 27.7. The summed E-state index contributed by atoms with van der Waals surface area (Å²) in [6.45, 7) is 6.38. The van der Waals surface area contributed by atoms with Crippen molar-refractivity contribution in [1.82, 2.24) is 9.03 Å². The van der Waals surface area contributed by atoms with Crippen molar-refractivity contribution in [1.29, 1.82) is 0 Å². The fraction of sp³-hybridized carbons (Fsp3) is 0.909. The van der Waals surface area contributed by atoms with Gasteiger partial charge < -0.3 is 5.11 Å². The van der Waals surface area contributed by atoms with Gasteiger partial charge in [-0.25, -0.2) is 4.72 Å². The van der Waals surface area contributed by atoms with Gasteiger partial charge in [-0.1, -0.05) is 20.8 Å². The zero-order chi connectivity index (χ0) is 14.2. The Balaban J connectivity index is 4.56. The van der Waals surface area contributed by atoms with Crippen LogP contribution in [0.15, 0.2) is 0 Å². The summed E-state index contributed by atoms with van der Waals surface area (Å²) in [7, 11) is -3.57. The maximum absolute atomic E-state index is 12.0. The summed E-state index contributed by atoms with van der Waals surface area (Å²) in [5.41, 5.74) is 0. The average Bonchev–Trinajstić information content (AvgIpc) is 2.29. The first-order chi connectivity index (χ1) is 8.38. The normalized spacial score (nSPS) is 13.8. The number of carboxylic acid groups (broad SMARTS) is 1. The molecule has 0 heterocycles. The van der Waals surface area contributed by atoms with E-state index in [1.165, 1.54) is 4.31 Å². The third-order valence-corrected chi connectivity index (χ3v) is 4.22. The van der Waals surface area contributed by atoms with Crippen LogP contribution in [-0.2, 0) is 15.0 Å². The van der Waals surface area contributed by atoms with Gasteiger partial charge in [-0.3, -0.25) is 4.79 Å². The van der Waals surface area contributed by atoms with Crippen molar-refractivity contribution in [3.63, 3.8) is 0 Å². The Labute approximate surface area is 110 Å². The molecule has 0 bridgehead atoms. The van der Waals surface area contributed by atoms with Crippen LogP contribution in [0.4, 0.5) is 0 Å². The van der Waals surface area contributed by atoms with Crippen LogP contribution in [0.1, 0.15) is 40.0 Å². The minimum Gasteiger partial charge on any atom is -0.481 e. The van der Waals surface area contributed by atoms with E-state index in [-0.39, 0.29) is 6.54 Å². The first-order valence-corrected chi connectivity index (χ1v) is 7.80. The first kappa shape index (κ1) is 17.3. The molecule has 0 aliphatic carbocycles. The standard InChI is InChI=1S/C11H24N2O4S/c1-4-7-13(8-5-2)18(16,17)12-9-10(6-3)11(14)15/h10,12H,4-9H2,1-3H3,(H,14,15). The van der Waals surface area contributed by atoms with Gasteiger partial charge in [-0.05, 0) is 19.3 Å². The van der Waals surface area contributed by atoms with E-state index in [1.54, 1.807) is 6.92 Å². The lowest BCUT2D eigenvalue weighted by atomic mass is 10.1. The molecule has 0 radical (unpaired) electrons. The summed E-state index contributed by atoms with van der Waals surface area (Å²) >= 11 is 0. The molecule has 0 aromatic carbocycles. The highest BCUT2D eigenvalue weighted by atomic mass is 32.2. The molecule has 0 fully saturated rings. The topological polar surface area (TPSA) is 86.7 Å². The zero-order valence-corrected chi connectivity index (χ0v) is 12.2. The molecule has 108 valence electrons. The highest BCUT2D eigenvalue weighted by molar-refractivity contribution is 7.87. The van der Waals surface area contributed by atoms with Gasteiger partial charge in [0.2, 0.25) is 0 Å². The molecular weight excluding hydrogens is 256 g/mol. The number of rotatable bonds is 10. The Morgan fingerprint density at radius 2 is 1.72 bits per heavy atom. The summed E-state index contributed by atoms with van der Waals surface area (Å²) in [5.74, 6) is -1.65. The second-order valence-corrected chi connectivity index (χ2v) is 5.95. The van der Waals surface area contributed by atoms with Gasteiger partial charge in [-0.2, -0.15) is 12.7 Å².